The van der Waals surface area contributed by atoms with Crippen molar-refractivity contribution in [2.24, 2.45) is 0 Å². The van der Waals surface area contributed by atoms with Gasteiger partial charge in [-0.2, -0.15) is 0 Å². The number of benzene rings is 2. The number of hydrogen-bond acceptors (Lipinski definition) is 1. The van der Waals surface area contributed by atoms with E-state index in [4.69, 9.17) is 0 Å². The van der Waals surface area contributed by atoms with Gasteiger partial charge in [0.15, 0.2) is 0 Å². The molecular weight excluding hydrogens is 234 g/mol. The number of hydrogen-bond donors (Lipinski definition) is 1. The van der Waals surface area contributed by atoms with Gasteiger partial charge in [0, 0.05) is 11.8 Å². The van der Waals surface area contributed by atoms with Crippen molar-refractivity contribution in [2.45, 2.75) is 13.8 Å². The van der Waals surface area contributed by atoms with Crippen LogP contribution in [-0.4, -0.2) is 5.91 Å². The predicted molar refractivity (Wildman–Crippen MR) is 81.9 cm³/mol. The van der Waals surface area contributed by atoms with Crippen molar-refractivity contribution in [3.8, 4) is 0 Å². The second kappa shape index (κ2) is 8.70. The van der Waals surface area contributed by atoms with Crippen LogP contribution in [0.2, 0.25) is 0 Å². The van der Waals surface area contributed by atoms with Gasteiger partial charge in [0.25, 0.3) is 0 Å². The summed E-state index contributed by atoms with van der Waals surface area (Å²) >= 11 is 0. The standard InChI is InChI=1S/C15H13NO.C2H6/c17-15(16-14-9-5-2-6-10-14)12-11-13-7-3-1-4-8-13;1-2/h1-12H,(H,16,17);1-2H3/b12-11+;. The van der Waals surface area contributed by atoms with Crippen LogP contribution in [-0.2, 0) is 4.79 Å². The van der Waals surface area contributed by atoms with Gasteiger partial charge in [-0.15, -0.1) is 0 Å². The lowest BCUT2D eigenvalue weighted by Crippen LogP contribution is -2.07. The smallest absolute Gasteiger partial charge is 0.248 e. The second-order valence-corrected chi connectivity index (χ2v) is 3.60. The number of para-hydroxylation sites is 1. The van der Waals surface area contributed by atoms with Crippen molar-refractivity contribution in [3.63, 3.8) is 0 Å². The third-order valence-electron chi connectivity index (χ3n) is 2.27. The molecule has 2 aromatic carbocycles. The molecule has 1 amide bonds. The molecule has 0 spiro atoms. The molecule has 0 atom stereocenters. The minimum Gasteiger partial charge on any atom is -0.323 e. The van der Waals surface area contributed by atoms with E-state index in [1.54, 1.807) is 6.08 Å². The number of carbonyl (C=O) groups excluding carboxylic acids is 1. The molecule has 0 radical (unpaired) electrons. The lowest BCUT2D eigenvalue weighted by molar-refractivity contribution is -0.111. The summed E-state index contributed by atoms with van der Waals surface area (Å²) in [5, 5.41) is 2.79. The number of carbonyl (C=O) groups is 1. The molecule has 0 aliphatic rings. The zero-order valence-electron chi connectivity index (χ0n) is 11.3. The summed E-state index contributed by atoms with van der Waals surface area (Å²) in [5.41, 5.74) is 1.81. The van der Waals surface area contributed by atoms with Gasteiger partial charge >= 0.3 is 0 Å². The minimum atomic E-state index is -0.125. The lowest BCUT2D eigenvalue weighted by Gasteiger charge is -2.00. The highest BCUT2D eigenvalue weighted by Gasteiger charge is 1.95. The topological polar surface area (TPSA) is 29.1 Å². The monoisotopic (exact) mass is 253 g/mol. The van der Waals surface area contributed by atoms with Gasteiger partial charge in [-0.05, 0) is 23.8 Å². The van der Waals surface area contributed by atoms with Gasteiger partial charge in [-0.25, -0.2) is 0 Å². The van der Waals surface area contributed by atoms with Crippen LogP contribution in [0, 0.1) is 0 Å². The Morgan fingerprint density at radius 1 is 0.895 bits per heavy atom. The van der Waals surface area contributed by atoms with E-state index in [0.29, 0.717) is 0 Å². The summed E-state index contributed by atoms with van der Waals surface area (Å²) in [6, 6.07) is 19.1. The van der Waals surface area contributed by atoms with Crippen LogP contribution in [0.1, 0.15) is 19.4 Å². The fourth-order valence-corrected chi connectivity index (χ4v) is 1.44. The van der Waals surface area contributed by atoms with Crippen molar-refractivity contribution in [2.75, 3.05) is 5.32 Å². The van der Waals surface area contributed by atoms with Gasteiger partial charge in [-0.1, -0.05) is 62.4 Å². The SMILES string of the molecule is CC.O=C(/C=C/c1ccccc1)Nc1ccccc1. The fraction of sp³-hybridized carbons (Fsp3) is 0.118. The van der Waals surface area contributed by atoms with Gasteiger partial charge in [0.1, 0.15) is 0 Å². The van der Waals surface area contributed by atoms with Crippen LogP contribution in [0.25, 0.3) is 6.08 Å². The van der Waals surface area contributed by atoms with Gasteiger partial charge in [0.2, 0.25) is 5.91 Å². The van der Waals surface area contributed by atoms with Crippen molar-refractivity contribution in [1.29, 1.82) is 0 Å². The van der Waals surface area contributed by atoms with Crippen LogP contribution in [0.3, 0.4) is 0 Å². The molecule has 2 heteroatoms. The number of anilines is 1. The van der Waals surface area contributed by atoms with Crippen LogP contribution < -0.4 is 5.32 Å². The Bertz CT molecular complexity index is 503. The van der Waals surface area contributed by atoms with E-state index >= 15 is 0 Å². The largest absolute Gasteiger partial charge is 0.323 e. The minimum absolute atomic E-state index is 0.125. The Morgan fingerprint density at radius 2 is 1.42 bits per heavy atom. The van der Waals surface area contributed by atoms with Crippen LogP contribution >= 0.6 is 0 Å². The molecule has 2 nitrogen and oxygen atoms in total. The molecule has 0 saturated heterocycles. The Labute approximate surface area is 114 Å². The zero-order valence-corrected chi connectivity index (χ0v) is 11.3. The molecule has 0 bridgehead atoms. The quantitative estimate of drug-likeness (QED) is 0.809. The molecular formula is C17H19NO. The van der Waals surface area contributed by atoms with Gasteiger partial charge < -0.3 is 5.32 Å². The maximum Gasteiger partial charge on any atom is 0.248 e. The van der Waals surface area contributed by atoms with Crippen molar-refractivity contribution >= 4 is 17.7 Å². The first-order chi connectivity index (χ1) is 9.34. The number of rotatable bonds is 3. The lowest BCUT2D eigenvalue weighted by atomic mass is 10.2. The summed E-state index contributed by atoms with van der Waals surface area (Å²) in [6.07, 6.45) is 3.32. The summed E-state index contributed by atoms with van der Waals surface area (Å²) in [5.74, 6) is -0.125. The first-order valence-corrected chi connectivity index (χ1v) is 6.44. The number of amides is 1. The summed E-state index contributed by atoms with van der Waals surface area (Å²) in [6.45, 7) is 4.00. The normalized spacial score (nSPS) is 9.58. The average Bonchev–Trinajstić information content (AvgIpc) is 2.49. The van der Waals surface area contributed by atoms with Crippen molar-refractivity contribution < 1.29 is 4.79 Å². The van der Waals surface area contributed by atoms with E-state index in [2.05, 4.69) is 5.32 Å². The third-order valence-corrected chi connectivity index (χ3v) is 2.27. The molecule has 0 fully saturated rings. The summed E-state index contributed by atoms with van der Waals surface area (Å²) in [7, 11) is 0. The molecule has 0 aliphatic carbocycles. The highest BCUT2D eigenvalue weighted by molar-refractivity contribution is 6.01. The molecule has 0 aromatic heterocycles. The van der Waals surface area contributed by atoms with Gasteiger partial charge in [-0.3, -0.25) is 4.79 Å². The second-order valence-electron chi connectivity index (χ2n) is 3.60. The maximum atomic E-state index is 11.6. The summed E-state index contributed by atoms with van der Waals surface area (Å²) in [4.78, 5) is 11.6. The molecule has 2 rings (SSSR count). The van der Waals surface area contributed by atoms with Crippen molar-refractivity contribution in [3.05, 3.63) is 72.3 Å². The Balaban J connectivity index is 0.000000861. The van der Waals surface area contributed by atoms with Crippen LogP contribution in [0.15, 0.2) is 66.7 Å². The van der Waals surface area contributed by atoms with Crippen LogP contribution in [0.4, 0.5) is 5.69 Å². The van der Waals surface area contributed by atoms with E-state index in [9.17, 15) is 4.79 Å². The molecule has 0 heterocycles. The van der Waals surface area contributed by atoms with E-state index in [0.717, 1.165) is 11.3 Å². The molecule has 0 aliphatic heterocycles. The highest BCUT2D eigenvalue weighted by Crippen LogP contribution is 2.06. The Hall–Kier alpha value is -2.35. The average molecular weight is 253 g/mol. The van der Waals surface area contributed by atoms with E-state index in [1.807, 2.05) is 74.5 Å². The van der Waals surface area contributed by atoms with E-state index in [-0.39, 0.29) is 5.91 Å². The zero-order chi connectivity index (χ0) is 13.9. The Morgan fingerprint density at radius 3 is 2.00 bits per heavy atom. The summed E-state index contributed by atoms with van der Waals surface area (Å²) < 4.78 is 0. The highest BCUT2D eigenvalue weighted by atomic mass is 16.1. The molecule has 0 saturated carbocycles. The molecule has 98 valence electrons. The first kappa shape index (κ1) is 14.7. The maximum absolute atomic E-state index is 11.6. The third kappa shape index (κ3) is 5.68. The molecule has 19 heavy (non-hydrogen) atoms. The van der Waals surface area contributed by atoms with Crippen molar-refractivity contribution in [1.82, 2.24) is 0 Å². The van der Waals surface area contributed by atoms with E-state index < -0.39 is 0 Å². The molecule has 0 unspecified atom stereocenters. The predicted octanol–water partition coefficient (Wildman–Crippen LogP) is 4.36. The number of nitrogens with one attached hydrogen (secondary N) is 1. The van der Waals surface area contributed by atoms with E-state index in [1.165, 1.54) is 6.08 Å². The molecule has 1 N–H and O–H groups in total. The molecule has 2 aromatic rings. The van der Waals surface area contributed by atoms with Crippen LogP contribution in [0.5, 0.6) is 0 Å². The Kier molecular flexibility index (Phi) is 6.73. The first-order valence-electron chi connectivity index (χ1n) is 6.44. The fourth-order valence-electron chi connectivity index (χ4n) is 1.44. The van der Waals surface area contributed by atoms with Gasteiger partial charge in [0.05, 0.1) is 0 Å².